The van der Waals surface area contributed by atoms with Crippen LogP contribution in [0.15, 0.2) is 35.5 Å². The molecule has 41 heavy (non-hydrogen) atoms. The van der Waals surface area contributed by atoms with Crippen molar-refractivity contribution in [3.63, 3.8) is 0 Å². The summed E-state index contributed by atoms with van der Waals surface area (Å²) in [5.41, 5.74) is 3.00. The molecule has 1 unspecified atom stereocenters. The summed E-state index contributed by atoms with van der Waals surface area (Å²) in [6, 6.07) is 0. The third-order valence-electron chi connectivity index (χ3n) is 6.71. The van der Waals surface area contributed by atoms with Crippen LogP contribution >= 0.6 is 0 Å². The second-order valence-electron chi connectivity index (χ2n) is 10.2. The van der Waals surface area contributed by atoms with Crippen LogP contribution in [-0.2, 0) is 65.9 Å². The van der Waals surface area contributed by atoms with Gasteiger partial charge in [-0.3, -0.25) is 12.8 Å². The average molecular weight is 669 g/mol. The maximum absolute atomic E-state index is 7.50. The monoisotopic (exact) mass is 668 g/mol. The molecule has 2 aliphatic carbocycles. The molecule has 0 saturated carbocycles. The normalized spacial score (nSPS) is 18.8. The standard InChI is InChI=1S/C25H38OSi.6CO.2Co/c1-20-12-10-13-21(2)17-19-25(26-27(8,9)23(3,4)5)18-11-14-22(16-15-20)24(25,6)7;6*1-2;;/h12,14-16H,2,10-11,13,18H2,1,3-9H3;;;;;;;;/q-2;;;;;;;;+2/b20-12+;;;;;;;;. The first-order valence-corrected chi connectivity index (χ1v) is 14.4. The van der Waals surface area contributed by atoms with Crippen molar-refractivity contribution in [2.75, 3.05) is 0 Å². The predicted octanol–water partition coefficient (Wildman–Crippen LogP) is 6.97. The summed E-state index contributed by atoms with van der Waals surface area (Å²) in [5.74, 6) is 7.04. The minimum atomic E-state index is -1.99. The van der Waals surface area contributed by atoms with Gasteiger partial charge in [-0.05, 0) is 42.0 Å². The molecule has 2 radical (unpaired) electrons. The van der Waals surface area contributed by atoms with Crippen LogP contribution in [0.3, 0.4) is 0 Å². The number of fused-ring (bicyclic) bond motifs is 2. The molecule has 0 amide bonds. The number of hydrogen-bond acceptors (Lipinski definition) is 1. The molecular formula is C31H38Co2O7Si. The molecule has 0 saturated heterocycles. The first-order valence-electron chi connectivity index (χ1n) is 11.5. The van der Waals surface area contributed by atoms with Crippen LogP contribution in [0.25, 0.3) is 0 Å². The number of hydrogen-bond donors (Lipinski definition) is 0. The van der Waals surface area contributed by atoms with Crippen molar-refractivity contribution in [2.45, 2.75) is 91.0 Å². The van der Waals surface area contributed by atoms with Crippen LogP contribution in [0.5, 0.6) is 0 Å². The molecule has 0 aromatic rings. The Morgan fingerprint density at radius 1 is 0.878 bits per heavy atom. The molecule has 0 aromatic heterocycles. The van der Waals surface area contributed by atoms with E-state index in [4.69, 9.17) is 32.3 Å². The molecule has 10 heteroatoms. The zero-order valence-electron chi connectivity index (χ0n) is 24.9. The van der Waals surface area contributed by atoms with Crippen molar-refractivity contribution in [1.82, 2.24) is 0 Å². The van der Waals surface area contributed by atoms with Crippen molar-refractivity contribution < 1.29 is 65.9 Å². The van der Waals surface area contributed by atoms with Gasteiger partial charge in [0.2, 0.25) is 0 Å². The van der Waals surface area contributed by atoms with Gasteiger partial charge in [0.25, 0.3) is 0 Å². The first kappa shape index (κ1) is 55.1. The fourth-order valence-electron chi connectivity index (χ4n) is 3.53. The molecule has 0 N–H and O–H groups in total. The summed E-state index contributed by atoms with van der Waals surface area (Å²) in [4.78, 5) is 0. The van der Waals surface area contributed by atoms with E-state index in [0.29, 0.717) is 0 Å². The van der Waals surface area contributed by atoms with Gasteiger partial charge < -0.3 is 4.43 Å². The Bertz CT molecular complexity index is 933. The summed E-state index contributed by atoms with van der Waals surface area (Å²) in [5, 5.41) is 0.149. The van der Waals surface area contributed by atoms with E-state index in [1.807, 2.05) is 0 Å². The number of allylic oxidation sites excluding steroid dienone is 4. The maximum atomic E-state index is 7.50. The van der Waals surface area contributed by atoms with Crippen LogP contribution in [0, 0.1) is 70.0 Å². The van der Waals surface area contributed by atoms with Gasteiger partial charge in [0.15, 0.2) is 8.32 Å². The Balaban J connectivity index is -0.000000146. The van der Waals surface area contributed by atoms with E-state index in [2.05, 4.69) is 138 Å². The van der Waals surface area contributed by atoms with Crippen LogP contribution in [0.4, 0.5) is 0 Å². The molecule has 0 heterocycles. The van der Waals surface area contributed by atoms with Crippen molar-refractivity contribution in [2.24, 2.45) is 5.41 Å². The zero-order chi connectivity index (χ0) is 32.5. The molecule has 2 bridgehead atoms. The Kier molecular flexibility index (Phi) is 39.8. The Labute approximate surface area is 269 Å². The summed E-state index contributed by atoms with van der Waals surface area (Å²) in [6.07, 6.45) is 13.0. The summed E-state index contributed by atoms with van der Waals surface area (Å²) < 4.78 is 52.1. The van der Waals surface area contributed by atoms with Gasteiger partial charge in [-0.25, -0.2) is 23.3 Å². The van der Waals surface area contributed by atoms with Crippen molar-refractivity contribution in [3.8, 4) is 11.8 Å². The number of rotatable bonds is 2. The quantitative estimate of drug-likeness (QED) is 0.134. The van der Waals surface area contributed by atoms with Crippen LogP contribution < -0.4 is 0 Å². The minimum Gasteiger partial charge on any atom is 0 e. The topological polar surface area (TPSA) is 129 Å². The molecule has 0 aliphatic heterocycles. The van der Waals surface area contributed by atoms with E-state index < -0.39 is 13.9 Å². The van der Waals surface area contributed by atoms with Gasteiger partial charge in [0.1, 0.15) is 5.60 Å². The molecule has 0 fully saturated rings. The summed E-state index contributed by atoms with van der Waals surface area (Å²) >= 11 is 0. The fourth-order valence-corrected chi connectivity index (χ4v) is 5.12. The minimum absolute atomic E-state index is 0. The van der Waals surface area contributed by atoms with Gasteiger partial charge in [0, 0.05) is 16.8 Å². The van der Waals surface area contributed by atoms with E-state index in [1.54, 1.807) is 0 Å². The molecule has 2 rings (SSSR count). The Morgan fingerprint density at radius 3 is 1.73 bits per heavy atom. The molecule has 0 spiro atoms. The van der Waals surface area contributed by atoms with Crippen LogP contribution in [0.1, 0.15) is 67.2 Å². The van der Waals surface area contributed by atoms with Gasteiger partial charge in [-0.2, -0.15) is 0 Å². The molecule has 2 aliphatic rings. The molecule has 1 atom stereocenters. The predicted molar refractivity (Wildman–Crippen MR) is 144 cm³/mol. The van der Waals surface area contributed by atoms with Crippen molar-refractivity contribution >= 4 is 8.32 Å². The van der Waals surface area contributed by atoms with E-state index in [-0.39, 0.29) is 44.0 Å². The third-order valence-corrected chi connectivity index (χ3v) is 11.2. The molecule has 0 aromatic carbocycles. The Morgan fingerprint density at radius 2 is 1.32 bits per heavy atom. The second-order valence-corrected chi connectivity index (χ2v) is 14.9. The third kappa shape index (κ3) is 18.3. The van der Waals surface area contributed by atoms with Gasteiger partial charge in [-0.15, -0.1) is 0 Å². The van der Waals surface area contributed by atoms with Crippen molar-refractivity contribution in [3.05, 3.63) is 88.2 Å². The van der Waals surface area contributed by atoms with E-state index in [1.165, 1.54) is 11.1 Å². The maximum Gasteiger partial charge on any atom is 2.00 e. The van der Waals surface area contributed by atoms with Crippen molar-refractivity contribution in [1.29, 1.82) is 0 Å². The molecule has 226 valence electrons. The molecule has 7 nitrogen and oxygen atoms in total. The Hall–Kier alpha value is -1.85. The van der Waals surface area contributed by atoms with Gasteiger partial charge in [0.05, 0.1) is 0 Å². The van der Waals surface area contributed by atoms with Crippen LogP contribution in [-0.4, -0.2) is 13.9 Å². The summed E-state index contributed by atoms with van der Waals surface area (Å²) in [6.45, 7) is 49.6. The van der Waals surface area contributed by atoms with Gasteiger partial charge >= 0.3 is 84.6 Å². The largest absolute Gasteiger partial charge is 2.00 e. The SMILES string of the molecule is C=C1C#CC2(O[Si](C)(C)C(C)(C)C)CCC=C([CH-][CH-]/C(C)=C/CC1)C2(C)C.[C-]#[O+].[C-]#[O+].[C-]#[O+].[C-]#[O+].[C-]#[O+].[C-]#[O+].[Co+2].[Co]. The van der Waals surface area contributed by atoms with E-state index in [0.717, 1.165) is 31.3 Å². The van der Waals surface area contributed by atoms with Crippen LogP contribution in [0.2, 0.25) is 18.1 Å². The average Bonchev–Trinajstić information content (AvgIpc) is 2.94. The second kappa shape index (κ2) is 29.6. The van der Waals surface area contributed by atoms with E-state index >= 15 is 0 Å². The summed E-state index contributed by atoms with van der Waals surface area (Å²) in [7, 11) is -1.99. The smallest absolute Gasteiger partial charge is 0 e. The van der Waals surface area contributed by atoms with Gasteiger partial charge in [-0.1, -0.05) is 72.8 Å². The first-order chi connectivity index (χ1) is 18.3. The van der Waals surface area contributed by atoms with E-state index in [9.17, 15) is 0 Å². The molecular weight excluding hydrogens is 630 g/mol. The fraction of sp³-hybridized carbons (Fsp3) is 0.484. The zero-order valence-corrected chi connectivity index (χ0v) is 28.0.